The fourth-order valence-corrected chi connectivity index (χ4v) is 2.62. The summed E-state index contributed by atoms with van der Waals surface area (Å²) in [5, 5.41) is 23.3. The molecule has 0 spiro atoms. The van der Waals surface area contributed by atoms with Gasteiger partial charge in [-0.2, -0.15) is 28.5 Å². The molecule has 2 aromatic rings. The highest BCUT2D eigenvalue weighted by molar-refractivity contribution is 5.73. The van der Waals surface area contributed by atoms with Gasteiger partial charge < -0.3 is 21.1 Å². The maximum Gasteiger partial charge on any atom is 0.490 e. The molecule has 1 aliphatic rings. The fourth-order valence-electron chi connectivity index (χ4n) is 2.62. The number of nitrogen functional groups attached to an aromatic ring is 1. The van der Waals surface area contributed by atoms with Crippen molar-refractivity contribution < 1.29 is 23.1 Å². The highest BCUT2D eigenvalue weighted by Crippen LogP contribution is 2.24. The molecule has 4 N–H and O–H groups in total. The second-order valence-electron chi connectivity index (χ2n) is 6.08. The van der Waals surface area contributed by atoms with Crippen LogP contribution in [0, 0.1) is 11.3 Å². The number of nitrogens with two attached hydrogens (primary N) is 1. The first kappa shape index (κ1) is 21.9. The van der Waals surface area contributed by atoms with Crippen molar-refractivity contribution in [3.05, 3.63) is 18.5 Å². The number of aromatic nitrogens is 4. The van der Waals surface area contributed by atoms with Crippen LogP contribution in [0.15, 0.2) is 18.5 Å². The second kappa shape index (κ2) is 9.20. The Bertz CT molecular complexity index is 893. The quantitative estimate of drug-likeness (QED) is 0.666. The average molecular weight is 412 g/mol. The van der Waals surface area contributed by atoms with E-state index in [4.69, 9.17) is 20.9 Å². The van der Waals surface area contributed by atoms with E-state index in [1.165, 1.54) is 0 Å². The van der Waals surface area contributed by atoms with Gasteiger partial charge in [0.1, 0.15) is 12.4 Å². The molecule has 10 nitrogen and oxygen atoms in total. The molecule has 0 saturated carbocycles. The Morgan fingerprint density at radius 1 is 1.48 bits per heavy atom. The van der Waals surface area contributed by atoms with Gasteiger partial charge in [0.25, 0.3) is 0 Å². The molecule has 1 aliphatic heterocycles. The first-order valence-corrected chi connectivity index (χ1v) is 8.40. The van der Waals surface area contributed by atoms with Crippen LogP contribution in [0.2, 0.25) is 0 Å². The van der Waals surface area contributed by atoms with Crippen LogP contribution < -0.4 is 16.0 Å². The Kier molecular flexibility index (Phi) is 6.94. The molecule has 0 aromatic carbocycles. The van der Waals surface area contributed by atoms with Crippen LogP contribution in [0.25, 0.3) is 11.3 Å². The van der Waals surface area contributed by atoms with Crippen LogP contribution in [0.1, 0.15) is 6.42 Å². The van der Waals surface area contributed by atoms with Crippen molar-refractivity contribution in [2.75, 3.05) is 30.8 Å². The number of halogens is 3. The Morgan fingerprint density at radius 2 is 2.17 bits per heavy atom. The lowest BCUT2D eigenvalue weighted by Crippen LogP contribution is -2.30. The molecule has 156 valence electrons. The zero-order chi connectivity index (χ0) is 21.6. The molecule has 29 heavy (non-hydrogen) atoms. The lowest BCUT2D eigenvalue weighted by atomic mass is 10.2. The van der Waals surface area contributed by atoms with Gasteiger partial charge in [-0.25, -0.2) is 9.78 Å². The van der Waals surface area contributed by atoms with Crippen molar-refractivity contribution in [3.63, 3.8) is 0 Å². The minimum absolute atomic E-state index is 0.212. The number of carboxylic acids is 1. The third-order valence-corrected chi connectivity index (χ3v) is 4.05. The molecule has 0 amide bonds. The monoisotopic (exact) mass is 412 g/mol. The lowest BCUT2D eigenvalue weighted by Gasteiger charge is -2.18. The highest BCUT2D eigenvalue weighted by atomic mass is 19.4. The van der Waals surface area contributed by atoms with E-state index in [1.54, 1.807) is 17.1 Å². The Hall–Kier alpha value is -3.40. The predicted molar refractivity (Wildman–Crippen MR) is 96.6 cm³/mol. The number of likely N-dealkylation sites (N-methyl/N-ethyl adjacent to an activating group) is 1. The molecule has 1 saturated heterocycles. The number of hydrogen-bond donors (Lipinski definition) is 3. The van der Waals surface area contributed by atoms with Crippen molar-refractivity contribution in [1.29, 1.82) is 5.26 Å². The topological polar surface area (TPSA) is 146 Å². The second-order valence-corrected chi connectivity index (χ2v) is 6.08. The van der Waals surface area contributed by atoms with Crippen LogP contribution in [-0.2, 0) is 11.3 Å². The number of anilines is 2. The van der Waals surface area contributed by atoms with Gasteiger partial charge in [-0.05, 0) is 13.5 Å². The van der Waals surface area contributed by atoms with Crippen LogP contribution >= 0.6 is 0 Å². The van der Waals surface area contributed by atoms with Crippen molar-refractivity contribution in [1.82, 2.24) is 25.1 Å². The summed E-state index contributed by atoms with van der Waals surface area (Å²) in [5.41, 5.74) is 7.40. The van der Waals surface area contributed by atoms with Gasteiger partial charge in [-0.15, -0.1) is 0 Å². The molecular weight excluding hydrogens is 393 g/mol. The van der Waals surface area contributed by atoms with Gasteiger partial charge in [0.15, 0.2) is 0 Å². The van der Waals surface area contributed by atoms with Crippen LogP contribution in [0.5, 0.6) is 0 Å². The number of carbonyl (C=O) groups is 1. The van der Waals surface area contributed by atoms with Crippen LogP contribution in [-0.4, -0.2) is 63.2 Å². The number of rotatable bonds is 4. The van der Waals surface area contributed by atoms with Crippen molar-refractivity contribution in [3.8, 4) is 17.3 Å². The van der Waals surface area contributed by atoms with Crippen LogP contribution in [0.4, 0.5) is 24.9 Å². The van der Waals surface area contributed by atoms with E-state index in [1.807, 2.05) is 13.1 Å². The number of nitrogens with zero attached hydrogens (tertiary/aromatic N) is 6. The van der Waals surface area contributed by atoms with Crippen LogP contribution in [0.3, 0.4) is 0 Å². The molecule has 0 aliphatic carbocycles. The number of carboxylic acid groups (broad SMARTS) is 1. The van der Waals surface area contributed by atoms with E-state index >= 15 is 0 Å². The lowest BCUT2D eigenvalue weighted by molar-refractivity contribution is -0.192. The van der Waals surface area contributed by atoms with E-state index < -0.39 is 12.1 Å². The van der Waals surface area contributed by atoms with Gasteiger partial charge in [0.2, 0.25) is 5.95 Å². The number of alkyl halides is 3. The van der Waals surface area contributed by atoms with Gasteiger partial charge in [-0.1, -0.05) is 0 Å². The zero-order valence-electron chi connectivity index (χ0n) is 15.4. The standard InChI is InChI=1S/C14H18N8.C2HF3O2/c1-17-11-2-4-21(9-11)13-6-12(19-14(16)20-13)10-7-18-22(8-10)5-3-15;3-2(4,5)1(6)7/h6-8,11,17H,2,4-5,9H2,1H3,(H2,16,19,20);(H,6,7)/t11-;/m1./s1. The maximum absolute atomic E-state index is 10.6. The summed E-state index contributed by atoms with van der Waals surface area (Å²) < 4.78 is 33.3. The third-order valence-electron chi connectivity index (χ3n) is 4.05. The first-order chi connectivity index (χ1) is 13.6. The smallest absolute Gasteiger partial charge is 0.475 e. The Balaban J connectivity index is 0.000000370. The molecule has 0 unspecified atom stereocenters. The predicted octanol–water partition coefficient (Wildman–Crippen LogP) is 0.877. The van der Waals surface area contributed by atoms with Gasteiger partial charge in [0.05, 0.1) is 18.0 Å². The summed E-state index contributed by atoms with van der Waals surface area (Å²) in [6.45, 7) is 2.05. The molecule has 3 rings (SSSR count). The SMILES string of the molecule is CN[C@@H]1CCN(c2cc(-c3cnn(CC#N)c3)nc(N)n2)C1.O=C(O)C(F)(F)F. The number of nitriles is 1. The zero-order valence-corrected chi connectivity index (χ0v) is 15.4. The van der Waals surface area contributed by atoms with Gasteiger partial charge in [0, 0.05) is 37.0 Å². The largest absolute Gasteiger partial charge is 0.490 e. The maximum atomic E-state index is 10.6. The summed E-state index contributed by atoms with van der Waals surface area (Å²) >= 11 is 0. The van der Waals surface area contributed by atoms with E-state index in [-0.39, 0.29) is 12.5 Å². The Morgan fingerprint density at radius 3 is 2.72 bits per heavy atom. The third kappa shape index (κ3) is 6.04. The summed E-state index contributed by atoms with van der Waals surface area (Å²) in [6, 6.07) is 4.44. The van der Waals surface area contributed by atoms with Gasteiger partial charge >= 0.3 is 12.1 Å². The first-order valence-electron chi connectivity index (χ1n) is 8.40. The minimum Gasteiger partial charge on any atom is -0.475 e. The molecule has 3 heterocycles. The molecule has 13 heteroatoms. The van der Waals surface area contributed by atoms with E-state index in [9.17, 15) is 13.2 Å². The number of aliphatic carboxylic acids is 1. The summed E-state index contributed by atoms with van der Waals surface area (Å²) in [5.74, 6) is -1.69. The van der Waals surface area contributed by atoms with E-state index in [0.717, 1.165) is 36.6 Å². The average Bonchev–Trinajstić information content (AvgIpc) is 3.31. The molecule has 2 aromatic heterocycles. The molecule has 1 atom stereocenters. The fraction of sp³-hybridized carbons (Fsp3) is 0.438. The highest BCUT2D eigenvalue weighted by Gasteiger charge is 2.38. The summed E-state index contributed by atoms with van der Waals surface area (Å²) in [7, 11) is 1.97. The summed E-state index contributed by atoms with van der Waals surface area (Å²) in [6.07, 6.45) is -0.533. The molecular formula is C16H19F3N8O2. The number of nitrogens with one attached hydrogen (secondary N) is 1. The molecule has 1 fully saturated rings. The number of hydrogen-bond acceptors (Lipinski definition) is 8. The van der Waals surface area contributed by atoms with E-state index in [2.05, 4.69) is 31.4 Å². The van der Waals surface area contributed by atoms with Crippen molar-refractivity contribution in [2.45, 2.75) is 25.2 Å². The normalized spacial score (nSPS) is 16.1. The molecule has 0 radical (unpaired) electrons. The van der Waals surface area contributed by atoms with Crippen molar-refractivity contribution in [2.24, 2.45) is 0 Å². The van der Waals surface area contributed by atoms with Crippen molar-refractivity contribution >= 4 is 17.7 Å². The Labute approximate surface area is 163 Å². The minimum atomic E-state index is -5.08. The van der Waals surface area contributed by atoms with E-state index in [0.29, 0.717) is 6.04 Å². The molecule has 0 bridgehead atoms. The van der Waals surface area contributed by atoms with Gasteiger partial charge in [-0.3, -0.25) is 4.68 Å². The summed E-state index contributed by atoms with van der Waals surface area (Å²) in [4.78, 5) is 19.7.